The summed E-state index contributed by atoms with van der Waals surface area (Å²) in [7, 11) is 1.94. The number of unbranched alkanes of at least 4 members (excludes halogenated alkanes) is 5. The first-order chi connectivity index (χ1) is 29.3. The average molecular weight is 926 g/mol. The number of carbonyl (C=O) groups is 3. The Bertz CT molecular complexity index is 1390. The molecule has 0 unspecified atom stereocenters. The average Bonchev–Trinajstić information content (AvgIpc) is 3.88. The van der Waals surface area contributed by atoms with E-state index in [-0.39, 0.29) is 42.4 Å². The van der Waals surface area contributed by atoms with Crippen molar-refractivity contribution in [2.24, 2.45) is 17.8 Å². The number of aliphatic hydroxyl groups excluding tert-OH is 6. The maximum atomic E-state index is 12.9. The number of aliphatic hydroxyl groups is 6. The summed E-state index contributed by atoms with van der Waals surface area (Å²) in [4.78, 5) is 37.5. The van der Waals surface area contributed by atoms with Gasteiger partial charge in [-0.15, -0.1) is 23.4 Å². The summed E-state index contributed by atoms with van der Waals surface area (Å²) >= 11 is 7.55. The number of rotatable bonds is 23. The van der Waals surface area contributed by atoms with Crippen LogP contribution >= 0.6 is 23.4 Å². The van der Waals surface area contributed by atoms with Crippen LogP contribution < -0.4 is 5.32 Å². The molecule has 62 heavy (non-hydrogen) atoms. The van der Waals surface area contributed by atoms with E-state index in [1.807, 2.05) is 18.9 Å². The molecule has 0 aromatic rings. The van der Waals surface area contributed by atoms with Crippen molar-refractivity contribution in [2.45, 2.75) is 196 Å². The van der Waals surface area contributed by atoms with Crippen LogP contribution in [0.25, 0.3) is 0 Å². The summed E-state index contributed by atoms with van der Waals surface area (Å²) in [6, 6.07) is -0.934. The zero-order chi connectivity index (χ0) is 46.3. The number of hydrogen-bond acceptors (Lipinski definition) is 15. The fraction of sp³-hybridized carbons (Fsp3) is 0.886. The third-order valence-corrected chi connectivity index (χ3v) is 13.8. The molecule has 18 heteroatoms. The van der Waals surface area contributed by atoms with E-state index < -0.39 is 77.6 Å². The summed E-state index contributed by atoms with van der Waals surface area (Å²) in [6.45, 7) is 10.8. The van der Waals surface area contributed by atoms with E-state index in [9.17, 15) is 45.0 Å². The van der Waals surface area contributed by atoms with Gasteiger partial charge in [0.25, 0.3) is 0 Å². The van der Waals surface area contributed by atoms with Crippen molar-refractivity contribution in [3.63, 3.8) is 0 Å². The molecule has 0 spiro atoms. The first-order valence-corrected chi connectivity index (χ1v) is 24.3. The van der Waals surface area contributed by atoms with Crippen LogP contribution in [-0.4, -0.2) is 175 Å². The third-order valence-electron chi connectivity index (χ3n) is 12.7. The van der Waals surface area contributed by atoms with Crippen LogP contribution in [0.4, 0.5) is 0 Å². The minimum atomic E-state index is -1.36. The van der Waals surface area contributed by atoms with Gasteiger partial charge in [0.2, 0.25) is 5.91 Å². The van der Waals surface area contributed by atoms with E-state index in [0.717, 1.165) is 57.9 Å². The van der Waals surface area contributed by atoms with E-state index >= 15 is 0 Å². The van der Waals surface area contributed by atoms with Gasteiger partial charge in [0.05, 0.1) is 61.2 Å². The molecular formula is C44H77ClN2O14S. The lowest BCUT2D eigenvalue weighted by Crippen LogP contribution is -2.65. The lowest BCUT2D eigenvalue weighted by Gasteiger charge is -2.44. The lowest BCUT2D eigenvalue weighted by molar-refractivity contribution is -0.205. The smallest absolute Gasteiger partial charge is 0.330 e. The SMILES string of the molecule is C/C(=C\C(=O)OCCCCCCCCC(=O)O)C[C@@H]1OC[C@H](C[C@@H]2O[C@H]2[C@@H](C)[C@H](C)O)[C@@H](O)[C@H]1O.CCC[C@@H]1C[C@@H](C(=O)N[C@@H]([C@H]2O[C@H](SC)[C@H](O)[C@@H](O)[C@H]2O)[C@H](C)Cl)N(C)C1. The van der Waals surface area contributed by atoms with Crippen LogP contribution in [0.15, 0.2) is 11.6 Å². The number of alkyl halides is 1. The Balaban J connectivity index is 0.000000341. The van der Waals surface area contributed by atoms with Crippen molar-refractivity contribution >= 4 is 41.2 Å². The molecular weight excluding hydrogens is 848 g/mol. The summed E-state index contributed by atoms with van der Waals surface area (Å²) in [6.07, 6.45) is 4.52. The topological polar surface area (TPSA) is 248 Å². The van der Waals surface area contributed by atoms with Crippen molar-refractivity contribution in [3.8, 4) is 0 Å². The predicted octanol–water partition coefficient (Wildman–Crippen LogP) is 2.98. The maximum Gasteiger partial charge on any atom is 0.330 e. The van der Waals surface area contributed by atoms with Gasteiger partial charge in [-0.3, -0.25) is 14.5 Å². The van der Waals surface area contributed by atoms with Crippen LogP contribution in [-0.2, 0) is 33.3 Å². The van der Waals surface area contributed by atoms with Crippen LogP contribution in [0.3, 0.4) is 0 Å². The molecule has 0 bridgehead atoms. The Hall–Kier alpha value is -1.61. The quantitative estimate of drug-likeness (QED) is 0.0241. The largest absolute Gasteiger partial charge is 0.481 e. The number of aliphatic carboxylic acids is 1. The second-order valence-corrected chi connectivity index (χ2v) is 19.6. The van der Waals surface area contributed by atoms with E-state index in [1.165, 1.54) is 17.8 Å². The van der Waals surface area contributed by atoms with Crippen molar-refractivity contribution in [1.82, 2.24) is 10.2 Å². The van der Waals surface area contributed by atoms with Gasteiger partial charge >= 0.3 is 11.9 Å². The van der Waals surface area contributed by atoms with Crippen LogP contribution in [0, 0.1) is 17.8 Å². The zero-order valence-corrected chi connectivity index (χ0v) is 39.3. The number of nitrogens with zero attached hydrogens (tertiary/aromatic N) is 1. The normalized spacial score (nSPS) is 34.6. The van der Waals surface area contributed by atoms with Crippen molar-refractivity contribution in [1.29, 1.82) is 0 Å². The number of esters is 1. The van der Waals surface area contributed by atoms with Gasteiger partial charge < -0.3 is 60.0 Å². The standard InChI is InChI=1S/C26H44O9.C18H33ClN2O5S/c1-16(13-23(30)33-11-9-7-5-4-6-8-10-22(28)29)12-20-25(32)24(31)19(15-34-20)14-21-26(35-21)17(2)18(3)27;1-5-6-10-7-11(21(3)8-10)17(25)20-12(9(2)19)16-14(23)13(22)15(24)18(26-16)27-4/h13,17-21,24-27,31-32H,4-12,14-15H2,1-3H3,(H,28,29);9-16,18,22-24H,5-8H2,1-4H3,(H,20,25)/b16-13+;/t17-,18-,19-,20-,21-,24+,25-,26-;9-,10+,11-,12+,13-,14+,15+,16+,18+/m00/s1. The number of nitrogens with one attached hydrogen (secondary N) is 1. The van der Waals surface area contributed by atoms with Gasteiger partial charge in [0.1, 0.15) is 36.0 Å². The Morgan fingerprint density at radius 2 is 1.58 bits per heavy atom. The molecule has 4 aliphatic rings. The number of thioether (sulfide) groups is 1. The number of epoxide rings is 1. The highest BCUT2D eigenvalue weighted by molar-refractivity contribution is 7.99. The number of carbonyl (C=O) groups excluding carboxylic acids is 2. The number of halogens is 1. The molecule has 4 rings (SSSR count). The fourth-order valence-electron chi connectivity index (χ4n) is 8.70. The minimum Gasteiger partial charge on any atom is -0.481 e. The van der Waals surface area contributed by atoms with Crippen molar-refractivity contribution < 1.29 is 69.1 Å². The van der Waals surface area contributed by atoms with Gasteiger partial charge in [-0.1, -0.05) is 51.5 Å². The van der Waals surface area contributed by atoms with E-state index in [4.69, 9.17) is 35.7 Å². The lowest BCUT2D eigenvalue weighted by atomic mass is 9.85. The summed E-state index contributed by atoms with van der Waals surface area (Å²) in [5, 5.41) is 72.5. The Morgan fingerprint density at radius 3 is 2.19 bits per heavy atom. The zero-order valence-electron chi connectivity index (χ0n) is 37.7. The number of ether oxygens (including phenoxy) is 4. The van der Waals surface area contributed by atoms with Crippen LogP contribution in [0.5, 0.6) is 0 Å². The highest BCUT2D eigenvalue weighted by Crippen LogP contribution is 2.39. The molecule has 8 N–H and O–H groups in total. The summed E-state index contributed by atoms with van der Waals surface area (Å²) < 4.78 is 22.5. The van der Waals surface area contributed by atoms with Crippen molar-refractivity contribution in [3.05, 3.63) is 11.6 Å². The fourth-order valence-corrected chi connectivity index (χ4v) is 9.59. The van der Waals surface area contributed by atoms with Crippen LogP contribution in [0.1, 0.15) is 112 Å². The molecule has 0 saturated carbocycles. The Labute approximate surface area is 377 Å². The summed E-state index contributed by atoms with van der Waals surface area (Å²) in [5.41, 5.74) is 0.00536. The molecule has 16 nitrogen and oxygen atoms in total. The molecule has 4 fully saturated rings. The maximum absolute atomic E-state index is 12.9. The first-order valence-electron chi connectivity index (χ1n) is 22.5. The predicted molar refractivity (Wildman–Crippen MR) is 236 cm³/mol. The molecule has 0 aromatic carbocycles. The second-order valence-electron chi connectivity index (χ2n) is 17.9. The van der Waals surface area contributed by atoms with Gasteiger partial charge in [0, 0.05) is 30.9 Å². The van der Waals surface area contributed by atoms with Gasteiger partial charge in [-0.2, -0.15) is 0 Å². The minimum absolute atomic E-state index is 0.0160. The van der Waals surface area contributed by atoms with Gasteiger partial charge in [0.15, 0.2) is 0 Å². The van der Waals surface area contributed by atoms with E-state index in [2.05, 4.69) is 12.2 Å². The number of likely N-dealkylation sites (tertiary alicyclic amines) is 1. The van der Waals surface area contributed by atoms with Crippen LogP contribution in [0.2, 0.25) is 0 Å². The highest BCUT2D eigenvalue weighted by atomic mass is 35.5. The molecule has 4 aliphatic heterocycles. The van der Waals surface area contributed by atoms with Crippen molar-refractivity contribution in [2.75, 3.05) is 33.1 Å². The van der Waals surface area contributed by atoms with E-state index in [1.54, 1.807) is 27.0 Å². The molecule has 1 amide bonds. The molecule has 0 radical (unpaired) electrons. The first kappa shape index (κ1) is 54.7. The number of hydrogen-bond donors (Lipinski definition) is 8. The monoisotopic (exact) mass is 924 g/mol. The number of amides is 1. The molecule has 4 saturated heterocycles. The Kier molecular flexibility index (Phi) is 23.9. The molecule has 0 aliphatic carbocycles. The number of carboxylic acid groups (broad SMARTS) is 1. The molecule has 4 heterocycles. The highest BCUT2D eigenvalue weighted by Gasteiger charge is 2.50. The molecule has 360 valence electrons. The third kappa shape index (κ3) is 17.0. The number of carboxylic acids is 1. The summed E-state index contributed by atoms with van der Waals surface area (Å²) in [5.74, 6) is -1.07. The van der Waals surface area contributed by atoms with Gasteiger partial charge in [-0.25, -0.2) is 4.79 Å². The van der Waals surface area contributed by atoms with E-state index in [0.29, 0.717) is 44.0 Å². The Morgan fingerprint density at radius 1 is 0.919 bits per heavy atom. The second kappa shape index (κ2) is 27.1. The molecule has 17 atom stereocenters. The van der Waals surface area contributed by atoms with Gasteiger partial charge in [-0.05, 0) is 78.5 Å². The molecule has 0 aromatic heterocycles. The number of likely N-dealkylation sites (N-methyl/N-ethyl adjacent to an activating group) is 1.